The Morgan fingerprint density at radius 2 is 1.75 bits per heavy atom. The number of aromatic nitrogens is 3. The van der Waals surface area contributed by atoms with Gasteiger partial charge < -0.3 is 36.0 Å². The van der Waals surface area contributed by atoms with Gasteiger partial charge in [-0.05, 0) is 75.4 Å². The summed E-state index contributed by atoms with van der Waals surface area (Å²) in [6, 6.07) is 6.76. The second-order valence-corrected chi connectivity index (χ2v) is 12.4. The van der Waals surface area contributed by atoms with Gasteiger partial charge in [0.05, 0.1) is 23.8 Å². The first kappa shape index (κ1) is 41.1. The lowest BCUT2D eigenvalue weighted by Crippen LogP contribution is -2.26. The summed E-state index contributed by atoms with van der Waals surface area (Å²) < 4.78 is 111. The number of amidine groups is 1. The van der Waals surface area contributed by atoms with E-state index in [1.165, 1.54) is 37.6 Å². The number of H-pyrrole nitrogens is 1. The Balaban J connectivity index is 1.72. The van der Waals surface area contributed by atoms with E-state index in [2.05, 4.69) is 29.8 Å². The van der Waals surface area contributed by atoms with E-state index in [-0.39, 0.29) is 52.6 Å². The highest BCUT2D eigenvalue weighted by molar-refractivity contribution is 5.83. The highest BCUT2D eigenvalue weighted by atomic mass is 19.4. The van der Waals surface area contributed by atoms with Gasteiger partial charge in [-0.15, -0.1) is 26.3 Å². The van der Waals surface area contributed by atoms with Crippen LogP contribution >= 0.6 is 0 Å². The molecule has 53 heavy (non-hydrogen) atoms. The number of nitrogens with one attached hydrogen (secondary N) is 2. The molecule has 0 bridgehead atoms. The zero-order chi connectivity index (χ0) is 38.9. The molecule has 4 aromatic rings. The maximum atomic E-state index is 15.6. The summed E-state index contributed by atoms with van der Waals surface area (Å²) in [7, 11) is 1.49. The van der Waals surface area contributed by atoms with E-state index in [0.29, 0.717) is 56.6 Å². The number of aromatic amines is 1. The van der Waals surface area contributed by atoms with E-state index in [4.69, 9.17) is 16.2 Å². The van der Waals surface area contributed by atoms with Crippen LogP contribution < -0.4 is 31.9 Å². The Labute approximate surface area is 300 Å². The largest absolute Gasteiger partial charge is 0.573 e. The van der Waals surface area contributed by atoms with Crippen molar-refractivity contribution in [3.05, 3.63) is 70.0 Å². The van der Waals surface area contributed by atoms with Crippen LogP contribution in [0, 0.1) is 5.82 Å². The molecule has 2 atom stereocenters. The summed E-state index contributed by atoms with van der Waals surface area (Å²) in [4.78, 5) is 24.1. The highest BCUT2D eigenvalue weighted by Gasteiger charge is 2.34. The molecule has 4 rings (SSSR count). The quantitative estimate of drug-likeness (QED) is 0.0374. The fourth-order valence-electron chi connectivity index (χ4n) is 5.83. The molecule has 0 aliphatic heterocycles. The molecule has 0 aliphatic rings. The van der Waals surface area contributed by atoms with Gasteiger partial charge in [-0.3, -0.25) is 9.56 Å². The molecule has 0 spiro atoms. The van der Waals surface area contributed by atoms with Crippen molar-refractivity contribution in [2.24, 2.45) is 16.5 Å². The number of hydrogen-bond donors (Lipinski definition) is 4. The highest BCUT2D eigenvalue weighted by Crippen LogP contribution is 2.37. The van der Waals surface area contributed by atoms with Crippen molar-refractivity contribution in [1.29, 1.82) is 0 Å². The molecule has 2 aromatic carbocycles. The van der Waals surface area contributed by atoms with Crippen molar-refractivity contribution in [2.75, 3.05) is 26.8 Å². The van der Waals surface area contributed by atoms with E-state index in [1.807, 2.05) is 6.92 Å². The van der Waals surface area contributed by atoms with Crippen molar-refractivity contribution in [3.8, 4) is 28.4 Å². The van der Waals surface area contributed by atoms with E-state index in [9.17, 15) is 31.1 Å². The Hall–Kier alpha value is -4.68. The van der Waals surface area contributed by atoms with Gasteiger partial charge in [0.25, 0.3) is 0 Å². The predicted octanol–water partition coefficient (Wildman–Crippen LogP) is 6.81. The SMILES string of the molecule is CCC[C@H](NCCCN=C(C)N)c1ccc(-n2cc3cc(-c4cc(CCC[C@@H](N)COC)cc(OC(F)(F)F)c4F)[nH]c3nc2=O)cc1OC(F)(F)F. The zero-order valence-corrected chi connectivity index (χ0v) is 29.3. The molecule has 18 heteroatoms. The normalized spacial score (nSPS) is 13.8. The molecular formula is C35H42F7N7O4. The molecule has 0 unspecified atom stereocenters. The van der Waals surface area contributed by atoms with Crippen LogP contribution in [-0.2, 0) is 11.2 Å². The van der Waals surface area contributed by atoms with E-state index in [1.54, 1.807) is 6.92 Å². The number of hydrogen-bond acceptors (Lipinski definition) is 8. The van der Waals surface area contributed by atoms with Crippen LogP contribution in [0.5, 0.6) is 11.5 Å². The van der Waals surface area contributed by atoms with Crippen molar-refractivity contribution < 1.29 is 44.9 Å². The summed E-state index contributed by atoms with van der Waals surface area (Å²) in [6.45, 7) is 4.68. The van der Waals surface area contributed by atoms with E-state index < -0.39 is 41.8 Å². The van der Waals surface area contributed by atoms with Gasteiger partial charge in [0.2, 0.25) is 0 Å². The van der Waals surface area contributed by atoms with Crippen LogP contribution in [0.25, 0.3) is 28.0 Å². The predicted molar refractivity (Wildman–Crippen MR) is 186 cm³/mol. The number of alkyl halides is 6. The number of methoxy groups -OCH3 is 1. The molecule has 0 saturated carbocycles. The fourth-order valence-corrected chi connectivity index (χ4v) is 5.83. The van der Waals surface area contributed by atoms with Gasteiger partial charge in [0, 0.05) is 54.5 Å². The molecule has 0 amide bonds. The van der Waals surface area contributed by atoms with Gasteiger partial charge in [-0.2, -0.15) is 4.98 Å². The summed E-state index contributed by atoms with van der Waals surface area (Å²) in [5.41, 5.74) is 10.8. The molecule has 6 N–H and O–H groups in total. The average Bonchev–Trinajstić information content (AvgIpc) is 3.46. The molecule has 0 aliphatic carbocycles. The molecule has 0 saturated heterocycles. The average molecular weight is 758 g/mol. The summed E-state index contributed by atoms with van der Waals surface area (Å²) >= 11 is 0. The van der Waals surface area contributed by atoms with Gasteiger partial charge in [0.15, 0.2) is 11.6 Å². The third kappa shape index (κ3) is 11.9. The van der Waals surface area contributed by atoms with Gasteiger partial charge in [-0.25, -0.2) is 9.18 Å². The summed E-state index contributed by atoms with van der Waals surface area (Å²) in [6.07, 6.45) is -6.11. The van der Waals surface area contributed by atoms with E-state index in [0.717, 1.165) is 16.7 Å². The molecular weight excluding hydrogens is 715 g/mol. The fraction of sp³-hybridized carbons (Fsp3) is 0.457. The number of halogens is 7. The lowest BCUT2D eigenvalue weighted by Gasteiger charge is -2.23. The Kier molecular flexibility index (Phi) is 13.9. The summed E-state index contributed by atoms with van der Waals surface area (Å²) in [5, 5.41) is 3.45. The number of benzene rings is 2. The monoisotopic (exact) mass is 757 g/mol. The van der Waals surface area contributed by atoms with Gasteiger partial charge >= 0.3 is 18.4 Å². The van der Waals surface area contributed by atoms with Crippen LogP contribution in [0.2, 0.25) is 0 Å². The number of fused-ring (bicyclic) bond motifs is 1. The zero-order valence-electron chi connectivity index (χ0n) is 29.3. The van der Waals surface area contributed by atoms with E-state index >= 15 is 4.39 Å². The third-order valence-electron chi connectivity index (χ3n) is 8.08. The second kappa shape index (κ2) is 17.9. The number of nitrogens with zero attached hydrogens (tertiary/aromatic N) is 3. The first-order valence-electron chi connectivity index (χ1n) is 16.8. The lowest BCUT2D eigenvalue weighted by atomic mass is 10.0. The lowest BCUT2D eigenvalue weighted by molar-refractivity contribution is -0.276. The Bertz CT molecular complexity index is 1920. The molecule has 0 fully saturated rings. The Morgan fingerprint density at radius 3 is 2.42 bits per heavy atom. The number of aliphatic imine (C=N–C) groups is 1. The van der Waals surface area contributed by atoms with Crippen molar-refractivity contribution in [1.82, 2.24) is 19.9 Å². The molecule has 2 heterocycles. The molecule has 11 nitrogen and oxygen atoms in total. The first-order chi connectivity index (χ1) is 25.0. The standard InChI is InChI=1S/C35H42F7N7O4/c1-4-7-27(46-13-6-12-45-20(2)43)25-11-10-24(17-29(25)52-34(37,38)39)49-18-22-16-28(47-32(22)48-33(49)50)26-14-21(8-5-9-23(44)19-51-3)15-30(31(26)36)53-35(40,41)42/h10-11,14-18,23,27,46H,4-9,12-13,19,44H2,1-3H3,(H2,43,45)(H,47,48,50)/t23-,27+/m1/s1. The summed E-state index contributed by atoms with van der Waals surface area (Å²) in [5.74, 6) is -2.48. The Morgan fingerprint density at radius 1 is 1.04 bits per heavy atom. The number of rotatable bonds is 18. The maximum absolute atomic E-state index is 15.6. The maximum Gasteiger partial charge on any atom is 0.573 e. The minimum absolute atomic E-state index is 0.0149. The molecule has 290 valence electrons. The molecule has 0 radical (unpaired) electrons. The van der Waals surface area contributed by atoms with Crippen LogP contribution in [0.3, 0.4) is 0 Å². The first-order valence-corrected chi connectivity index (χ1v) is 16.8. The second-order valence-electron chi connectivity index (χ2n) is 12.4. The minimum atomic E-state index is -5.18. The van der Waals surface area contributed by atoms with Crippen LogP contribution in [-0.4, -0.2) is 65.9 Å². The van der Waals surface area contributed by atoms with Crippen molar-refractivity contribution in [2.45, 2.75) is 77.2 Å². The third-order valence-corrected chi connectivity index (χ3v) is 8.08. The minimum Gasteiger partial charge on any atom is -0.405 e. The smallest absolute Gasteiger partial charge is 0.405 e. The van der Waals surface area contributed by atoms with Crippen molar-refractivity contribution >= 4 is 16.9 Å². The van der Waals surface area contributed by atoms with Crippen LogP contribution in [0.4, 0.5) is 30.7 Å². The van der Waals surface area contributed by atoms with Gasteiger partial charge in [-0.1, -0.05) is 19.4 Å². The van der Waals surface area contributed by atoms with Crippen LogP contribution in [0.15, 0.2) is 52.4 Å². The topological polar surface area (TPSA) is 155 Å². The molecule has 2 aromatic heterocycles. The van der Waals surface area contributed by atoms with Gasteiger partial charge in [0.1, 0.15) is 11.4 Å². The number of nitrogens with two attached hydrogens (primary N) is 2. The number of ether oxygens (including phenoxy) is 3. The van der Waals surface area contributed by atoms with Crippen LogP contribution in [0.1, 0.15) is 63.1 Å². The van der Waals surface area contributed by atoms with Crippen molar-refractivity contribution in [3.63, 3.8) is 0 Å². The number of aryl methyl sites for hydroxylation is 1.